The van der Waals surface area contributed by atoms with Crippen LogP contribution in [0.1, 0.15) is 31.4 Å². The van der Waals surface area contributed by atoms with Gasteiger partial charge in [0.1, 0.15) is 15.6 Å². The van der Waals surface area contributed by atoms with Gasteiger partial charge in [-0.1, -0.05) is 25.1 Å². The van der Waals surface area contributed by atoms with E-state index in [9.17, 15) is 13.5 Å². The lowest BCUT2D eigenvalue weighted by Gasteiger charge is -2.27. The number of aliphatic hydroxyl groups is 1. The first-order valence-electron chi connectivity index (χ1n) is 6.86. The zero-order valence-electron chi connectivity index (χ0n) is 11.6. The number of aliphatic hydroxyl groups excluding tert-OH is 1. The SMILES string of the molecule is NC(=S)c1ncccc1S(=O)(=O)N(CCO)C1CCCC1. The van der Waals surface area contributed by atoms with Crippen molar-refractivity contribution in [2.75, 3.05) is 13.2 Å². The van der Waals surface area contributed by atoms with Gasteiger partial charge in [-0.2, -0.15) is 4.31 Å². The summed E-state index contributed by atoms with van der Waals surface area (Å²) in [6, 6.07) is 2.91. The number of nitrogens with two attached hydrogens (primary N) is 1. The second-order valence-corrected chi connectivity index (χ2v) is 7.29. The number of thiocarbonyl (C=S) groups is 1. The van der Waals surface area contributed by atoms with Crippen LogP contribution in [0.5, 0.6) is 0 Å². The molecule has 0 amide bonds. The Bertz CT molecular complexity index is 613. The van der Waals surface area contributed by atoms with E-state index >= 15 is 0 Å². The molecule has 3 N–H and O–H groups in total. The van der Waals surface area contributed by atoms with Crippen molar-refractivity contribution in [3.8, 4) is 0 Å². The molecule has 8 heteroatoms. The lowest BCUT2D eigenvalue weighted by atomic mass is 10.2. The molecule has 0 saturated heterocycles. The van der Waals surface area contributed by atoms with Crippen LogP contribution < -0.4 is 5.73 Å². The summed E-state index contributed by atoms with van der Waals surface area (Å²) in [5.41, 5.74) is 5.68. The van der Waals surface area contributed by atoms with E-state index in [1.165, 1.54) is 16.6 Å². The Hall–Kier alpha value is -1.09. The molecule has 0 aromatic carbocycles. The van der Waals surface area contributed by atoms with E-state index in [4.69, 9.17) is 18.0 Å². The summed E-state index contributed by atoms with van der Waals surface area (Å²) >= 11 is 4.89. The second-order valence-electron chi connectivity index (χ2n) is 4.99. The van der Waals surface area contributed by atoms with E-state index in [0.717, 1.165) is 25.7 Å². The highest BCUT2D eigenvalue weighted by Gasteiger charge is 2.34. The molecule has 0 radical (unpaired) electrons. The highest BCUT2D eigenvalue weighted by atomic mass is 32.2. The quantitative estimate of drug-likeness (QED) is 0.744. The molecule has 0 atom stereocenters. The third-order valence-corrected chi connectivity index (χ3v) is 5.82. The maximum atomic E-state index is 12.9. The third-order valence-electron chi connectivity index (χ3n) is 3.64. The number of sulfonamides is 1. The van der Waals surface area contributed by atoms with Gasteiger partial charge in [-0.25, -0.2) is 8.42 Å². The number of rotatable bonds is 6. The number of pyridine rings is 1. The molecule has 1 aromatic heterocycles. The summed E-state index contributed by atoms with van der Waals surface area (Å²) in [5, 5.41) is 9.21. The van der Waals surface area contributed by atoms with Crippen LogP contribution in [0.2, 0.25) is 0 Å². The van der Waals surface area contributed by atoms with Gasteiger partial charge < -0.3 is 10.8 Å². The van der Waals surface area contributed by atoms with Crippen LogP contribution >= 0.6 is 12.2 Å². The van der Waals surface area contributed by atoms with Gasteiger partial charge in [0.25, 0.3) is 0 Å². The smallest absolute Gasteiger partial charge is 0.245 e. The van der Waals surface area contributed by atoms with Gasteiger partial charge in [-0.3, -0.25) is 4.98 Å². The first-order valence-corrected chi connectivity index (χ1v) is 8.71. The number of aromatic nitrogens is 1. The van der Waals surface area contributed by atoms with E-state index in [1.807, 2.05) is 0 Å². The van der Waals surface area contributed by atoms with E-state index < -0.39 is 10.0 Å². The van der Waals surface area contributed by atoms with Crippen LogP contribution in [0, 0.1) is 0 Å². The minimum Gasteiger partial charge on any atom is -0.395 e. The monoisotopic (exact) mass is 329 g/mol. The van der Waals surface area contributed by atoms with Crippen molar-refractivity contribution < 1.29 is 13.5 Å². The fraction of sp³-hybridized carbons (Fsp3) is 0.538. The zero-order valence-corrected chi connectivity index (χ0v) is 13.2. The molecule has 1 fully saturated rings. The normalized spacial score (nSPS) is 16.5. The molecule has 1 aromatic rings. The van der Waals surface area contributed by atoms with Crippen LogP contribution in [0.4, 0.5) is 0 Å². The molecule has 116 valence electrons. The van der Waals surface area contributed by atoms with Crippen molar-refractivity contribution in [3.05, 3.63) is 24.0 Å². The minimum absolute atomic E-state index is 0.0119. The maximum Gasteiger partial charge on any atom is 0.245 e. The lowest BCUT2D eigenvalue weighted by Crippen LogP contribution is -2.41. The molecule has 1 aliphatic rings. The van der Waals surface area contributed by atoms with Crippen LogP contribution in [-0.2, 0) is 10.0 Å². The average Bonchev–Trinajstić information content (AvgIpc) is 2.98. The molecule has 0 unspecified atom stereocenters. The third kappa shape index (κ3) is 3.39. The van der Waals surface area contributed by atoms with E-state index in [2.05, 4.69) is 4.98 Å². The molecule has 0 aliphatic heterocycles. The van der Waals surface area contributed by atoms with Gasteiger partial charge in [-0.15, -0.1) is 0 Å². The zero-order chi connectivity index (χ0) is 15.5. The van der Waals surface area contributed by atoms with Gasteiger partial charge in [-0.05, 0) is 25.0 Å². The van der Waals surface area contributed by atoms with E-state index in [-0.39, 0.29) is 34.8 Å². The van der Waals surface area contributed by atoms with Crippen LogP contribution in [0.3, 0.4) is 0 Å². The highest BCUT2D eigenvalue weighted by molar-refractivity contribution is 7.89. The molecule has 1 aliphatic carbocycles. The summed E-state index contributed by atoms with van der Waals surface area (Å²) < 4.78 is 27.1. The standard InChI is InChI=1S/C13H19N3O3S2/c14-13(20)12-11(6-3-7-15-12)21(18,19)16(8-9-17)10-4-1-2-5-10/h3,6-7,10,17H,1-2,4-5,8-9H2,(H2,14,20). The van der Waals surface area contributed by atoms with Crippen molar-refractivity contribution in [1.82, 2.24) is 9.29 Å². The first-order chi connectivity index (χ1) is 9.98. The fourth-order valence-electron chi connectivity index (χ4n) is 2.70. The molecular formula is C13H19N3O3S2. The molecule has 0 bridgehead atoms. The molecule has 1 heterocycles. The summed E-state index contributed by atoms with van der Waals surface area (Å²) in [5.74, 6) is 0. The predicted molar refractivity (Wildman–Crippen MR) is 83.4 cm³/mol. The number of hydrogen-bond acceptors (Lipinski definition) is 5. The van der Waals surface area contributed by atoms with Crippen molar-refractivity contribution >= 4 is 27.2 Å². The summed E-state index contributed by atoms with van der Waals surface area (Å²) in [4.78, 5) is 3.94. The first kappa shape index (κ1) is 16.3. The summed E-state index contributed by atoms with van der Waals surface area (Å²) in [7, 11) is -3.78. The fourth-order valence-corrected chi connectivity index (χ4v) is 4.76. The van der Waals surface area contributed by atoms with Crippen LogP contribution in [-0.4, -0.2) is 47.0 Å². The molecular weight excluding hydrogens is 310 g/mol. The summed E-state index contributed by atoms with van der Waals surface area (Å²) in [6.07, 6.45) is 5.07. The van der Waals surface area contributed by atoms with Gasteiger partial charge in [0.15, 0.2) is 0 Å². The van der Waals surface area contributed by atoms with Gasteiger partial charge in [0.2, 0.25) is 10.0 Å². The Labute approximate surface area is 130 Å². The van der Waals surface area contributed by atoms with Gasteiger partial charge in [0.05, 0.1) is 6.61 Å². The lowest BCUT2D eigenvalue weighted by molar-refractivity contribution is 0.226. The minimum atomic E-state index is -3.78. The van der Waals surface area contributed by atoms with Crippen molar-refractivity contribution in [1.29, 1.82) is 0 Å². The Morgan fingerprint density at radius 1 is 1.48 bits per heavy atom. The summed E-state index contributed by atoms with van der Waals surface area (Å²) in [6.45, 7) is -0.156. The van der Waals surface area contributed by atoms with Gasteiger partial charge in [0, 0.05) is 18.8 Å². The molecule has 2 rings (SSSR count). The van der Waals surface area contributed by atoms with Crippen molar-refractivity contribution in [2.24, 2.45) is 5.73 Å². The second kappa shape index (κ2) is 6.78. The van der Waals surface area contributed by atoms with Crippen molar-refractivity contribution in [2.45, 2.75) is 36.6 Å². The van der Waals surface area contributed by atoms with E-state index in [1.54, 1.807) is 6.07 Å². The molecule has 1 saturated carbocycles. The topological polar surface area (TPSA) is 96.5 Å². The van der Waals surface area contributed by atoms with Crippen LogP contribution in [0.15, 0.2) is 23.2 Å². The molecule has 21 heavy (non-hydrogen) atoms. The predicted octanol–water partition coefficient (Wildman–Crippen LogP) is 0.641. The van der Waals surface area contributed by atoms with Crippen molar-refractivity contribution in [3.63, 3.8) is 0 Å². The highest BCUT2D eigenvalue weighted by Crippen LogP contribution is 2.29. The largest absolute Gasteiger partial charge is 0.395 e. The molecule has 6 nitrogen and oxygen atoms in total. The Kier molecular flexibility index (Phi) is 5.26. The number of hydrogen-bond donors (Lipinski definition) is 2. The maximum absolute atomic E-state index is 12.9. The van der Waals surface area contributed by atoms with E-state index in [0.29, 0.717) is 0 Å². The molecule has 0 spiro atoms. The van der Waals surface area contributed by atoms with Gasteiger partial charge >= 0.3 is 0 Å². The Morgan fingerprint density at radius 2 is 2.14 bits per heavy atom. The van der Waals surface area contributed by atoms with Crippen LogP contribution in [0.25, 0.3) is 0 Å². The Morgan fingerprint density at radius 3 is 2.71 bits per heavy atom. The number of nitrogens with zero attached hydrogens (tertiary/aromatic N) is 2. The average molecular weight is 329 g/mol. The Balaban J connectivity index is 2.45.